The van der Waals surface area contributed by atoms with Gasteiger partial charge in [0.15, 0.2) is 5.82 Å². The largest absolute Gasteiger partial charge is 0.496 e. The number of amides is 1. The minimum Gasteiger partial charge on any atom is -0.496 e. The second-order valence-electron chi connectivity index (χ2n) is 8.09. The molecule has 0 saturated carbocycles. The van der Waals surface area contributed by atoms with Gasteiger partial charge >= 0.3 is 0 Å². The van der Waals surface area contributed by atoms with Crippen LogP contribution in [-0.4, -0.2) is 42.2 Å². The smallest absolute Gasteiger partial charge is 0.293 e. The Bertz CT molecular complexity index is 1150. The molecule has 0 bridgehead atoms. The zero-order valence-electron chi connectivity index (χ0n) is 18.7. The number of ether oxygens (including phenoxy) is 1. The van der Waals surface area contributed by atoms with Crippen molar-refractivity contribution < 1.29 is 9.53 Å². The van der Waals surface area contributed by atoms with E-state index in [2.05, 4.69) is 10.3 Å². The zero-order valence-corrected chi connectivity index (χ0v) is 18.7. The molecule has 1 amide bonds. The maximum Gasteiger partial charge on any atom is 0.293 e. The second kappa shape index (κ2) is 9.85. The number of aryl methyl sites for hydroxylation is 1. The minimum absolute atomic E-state index is 0.0437. The molecule has 0 unspecified atom stereocenters. The summed E-state index contributed by atoms with van der Waals surface area (Å²) in [6.45, 7) is 4.44. The third-order valence-corrected chi connectivity index (χ3v) is 6.20. The Labute approximate surface area is 188 Å². The van der Waals surface area contributed by atoms with Crippen molar-refractivity contribution in [2.24, 2.45) is 5.92 Å². The molecule has 4 rings (SSSR count). The summed E-state index contributed by atoms with van der Waals surface area (Å²) in [4.78, 5) is 32.4. The van der Waals surface area contributed by atoms with Crippen LogP contribution in [-0.2, 0) is 17.8 Å². The van der Waals surface area contributed by atoms with Crippen molar-refractivity contribution in [2.45, 2.75) is 32.7 Å². The average Bonchev–Trinajstić information content (AvgIpc) is 2.84. The van der Waals surface area contributed by atoms with Crippen molar-refractivity contribution in [2.75, 3.05) is 31.6 Å². The van der Waals surface area contributed by atoms with E-state index in [-0.39, 0.29) is 17.4 Å². The highest BCUT2D eigenvalue weighted by molar-refractivity contribution is 5.79. The zero-order chi connectivity index (χ0) is 22.5. The molecule has 2 aromatic carbocycles. The molecule has 0 atom stereocenters. The highest BCUT2D eigenvalue weighted by atomic mass is 16.5. The normalized spacial score (nSPS) is 14.5. The Hall–Kier alpha value is -3.35. The van der Waals surface area contributed by atoms with Gasteiger partial charge in [0.2, 0.25) is 5.91 Å². The van der Waals surface area contributed by atoms with Crippen LogP contribution in [0.3, 0.4) is 0 Å². The van der Waals surface area contributed by atoms with Gasteiger partial charge in [0, 0.05) is 32.1 Å². The molecular formula is C25H30N4O3. The summed E-state index contributed by atoms with van der Waals surface area (Å²) in [5.74, 6) is 1.37. The van der Waals surface area contributed by atoms with Crippen LogP contribution < -0.4 is 20.5 Å². The minimum atomic E-state index is -0.0640. The van der Waals surface area contributed by atoms with Crippen molar-refractivity contribution in [3.05, 3.63) is 64.4 Å². The van der Waals surface area contributed by atoms with Gasteiger partial charge < -0.3 is 19.5 Å². The fraction of sp³-hybridized carbons (Fsp3) is 0.400. The van der Waals surface area contributed by atoms with Gasteiger partial charge in [-0.2, -0.15) is 0 Å². The number of fused-ring (bicyclic) bond motifs is 1. The molecular weight excluding hydrogens is 404 g/mol. The summed E-state index contributed by atoms with van der Waals surface area (Å²) in [5.41, 5.74) is 2.69. The number of nitrogens with zero attached hydrogens (tertiary/aromatic N) is 3. The molecule has 168 valence electrons. The molecule has 0 radical (unpaired) electrons. The fourth-order valence-electron chi connectivity index (χ4n) is 4.43. The monoisotopic (exact) mass is 434 g/mol. The lowest BCUT2D eigenvalue weighted by Gasteiger charge is -2.32. The van der Waals surface area contributed by atoms with Gasteiger partial charge in [-0.25, -0.2) is 4.98 Å². The number of benzene rings is 2. The van der Waals surface area contributed by atoms with Gasteiger partial charge in [0.25, 0.3) is 5.56 Å². The van der Waals surface area contributed by atoms with E-state index < -0.39 is 0 Å². The van der Waals surface area contributed by atoms with Gasteiger partial charge in [-0.1, -0.05) is 30.3 Å². The Morgan fingerprint density at radius 3 is 2.59 bits per heavy atom. The van der Waals surface area contributed by atoms with Crippen LogP contribution in [0, 0.1) is 5.92 Å². The Kier molecular flexibility index (Phi) is 6.73. The Balaban J connectivity index is 1.36. The summed E-state index contributed by atoms with van der Waals surface area (Å²) in [7, 11) is 1.66. The summed E-state index contributed by atoms with van der Waals surface area (Å²) in [6.07, 6.45) is 2.15. The molecule has 1 fully saturated rings. The lowest BCUT2D eigenvalue weighted by atomic mass is 9.96. The summed E-state index contributed by atoms with van der Waals surface area (Å²) in [5, 5.41) is 3.07. The lowest BCUT2D eigenvalue weighted by Crippen LogP contribution is -2.43. The first-order valence-corrected chi connectivity index (χ1v) is 11.3. The van der Waals surface area contributed by atoms with Crippen LogP contribution in [0.2, 0.25) is 0 Å². The van der Waals surface area contributed by atoms with E-state index in [1.54, 1.807) is 11.7 Å². The maximum atomic E-state index is 13.0. The number of carbonyl (C=O) groups excluding carboxylic acids is 1. The first-order valence-electron chi connectivity index (χ1n) is 11.3. The maximum absolute atomic E-state index is 13.0. The number of piperidine rings is 1. The predicted octanol–water partition coefficient (Wildman–Crippen LogP) is 3.00. The molecule has 1 aromatic heterocycles. The second-order valence-corrected chi connectivity index (χ2v) is 8.09. The van der Waals surface area contributed by atoms with Crippen LogP contribution in [0.25, 0.3) is 11.0 Å². The molecule has 7 heteroatoms. The molecule has 0 aliphatic carbocycles. The van der Waals surface area contributed by atoms with Gasteiger partial charge in [-0.05, 0) is 49.9 Å². The van der Waals surface area contributed by atoms with Gasteiger partial charge in [0.05, 0.1) is 18.1 Å². The molecule has 0 spiro atoms. The van der Waals surface area contributed by atoms with Crippen molar-refractivity contribution in [1.29, 1.82) is 0 Å². The van der Waals surface area contributed by atoms with E-state index in [1.165, 1.54) is 0 Å². The van der Waals surface area contributed by atoms with E-state index in [1.807, 2.05) is 60.4 Å². The van der Waals surface area contributed by atoms with Crippen LogP contribution in [0.15, 0.2) is 53.3 Å². The van der Waals surface area contributed by atoms with Crippen LogP contribution in [0.1, 0.15) is 25.3 Å². The first kappa shape index (κ1) is 21.9. The first-order chi connectivity index (χ1) is 15.6. The summed E-state index contributed by atoms with van der Waals surface area (Å²) in [6, 6.07) is 15.6. The van der Waals surface area contributed by atoms with Crippen LogP contribution in [0.4, 0.5) is 5.82 Å². The van der Waals surface area contributed by atoms with E-state index >= 15 is 0 Å². The van der Waals surface area contributed by atoms with E-state index in [0.29, 0.717) is 44.8 Å². The average molecular weight is 435 g/mol. The van der Waals surface area contributed by atoms with Crippen molar-refractivity contribution in [3.8, 4) is 5.75 Å². The quantitative estimate of drug-likeness (QED) is 0.619. The number of methoxy groups -OCH3 is 1. The third kappa shape index (κ3) is 4.47. The number of hydrogen-bond acceptors (Lipinski definition) is 5. The molecule has 1 saturated heterocycles. The van der Waals surface area contributed by atoms with Gasteiger partial charge in [0.1, 0.15) is 5.75 Å². The highest BCUT2D eigenvalue weighted by Gasteiger charge is 2.27. The topological polar surface area (TPSA) is 76.5 Å². The Morgan fingerprint density at radius 1 is 1.12 bits per heavy atom. The number of rotatable bonds is 7. The van der Waals surface area contributed by atoms with E-state index in [9.17, 15) is 9.59 Å². The number of nitrogens with one attached hydrogen (secondary N) is 1. The SMILES string of the molecule is CCn1c(=O)c(N2CCC(C(=O)NCCc3ccccc3OC)CC2)nc2ccccc21. The number of aromatic nitrogens is 2. The van der Waals surface area contributed by atoms with Crippen LogP contribution in [0.5, 0.6) is 5.75 Å². The van der Waals surface area contributed by atoms with Crippen molar-refractivity contribution >= 4 is 22.8 Å². The number of carbonyl (C=O) groups is 1. The number of para-hydroxylation sites is 3. The molecule has 2 heterocycles. The molecule has 1 N–H and O–H groups in total. The summed E-state index contributed by atoms with van der Waals surface area (Å²) < 4.78 is 7.15. The molecule has 7 nitrogen and oxygen atoms in total. The highest BCUT2D eigenvalue weighted by Crippen LogP contribution is 2.22. The molecule has 3 aromatic rings. The standard InChI is InChI=1S/C25H30N4O3/c1-3-29-21-10-6-5-9-20(21)27-23(25(29)31)28-16-13-19(14-17-28)24(30)26-15-12-18-8-4-7-11-22(18)32-2/h4-11,19H,3,12-17H2,1-2H3,(H,26,30). The third-order valence-electron chi connectivity index (χ3n) is 6.20. The Morgan fingerprint density at radius 2 is 1.84 bits per heavy atom. The van der Waals surface area contributed by atoms with E-state index in [0.717, 1.165) is 28.8 Å². The molecule has 1 aliphatic rings. The number of anilines is 1. The lowest BCUT2D eigenvalue weighted by molar-refractivity contribution is -0.125. The van der Waals surface area contributed by atoms with Crippen LogP contribution >= 0.6 is 0 Å². The summed E-state index contributed by atoms with van der Waals surface area (Å²) >= 11 is 0. The van der Waals surface area contributed by atoms with Crippen molar-refractivity contribution in [1.82, 2.24) is 14.9 Å². The fourth-order valence-corrected chi connectivity index (χ4v) is 4.43. The van der Waals surface area contributed by atoms with Gasteiger partial charge in [-0.15, -0.1) is 0 Å². The predicted molar refractivity (Wildman–Crippen MR) is 126 cm³/mol. The van der Waals surface area contributed by atoms with Crippen molar-refractivity contribution in [3.63, 3.8) is 0 Å². The number of hydrogen-bond donors (Lipinski definition) is 1. The molecule has 1 aliphatic heterocycles. The van der Waals surface area contributed by atoms with Gasteiger partial charge in [-0.3, -0.25) is 9.59 Å². The van der Waals surface area contributed by atoms with E-state index in [4.69, 9.17) is 4.74 Å². The molecule has 32 heavy (non-hydrogen) atoms.